The molecule has 2 aromatic carbocycles. The van der Waals surface area contributed by atoms with E-state index in [-0.39, 0.29) is 11.9 Å². The maximum Gasteiger partial charge on any atom is 0.341 e. The second-order valence-corrected chi connectivity index (χ2v) is 7.72. The Morgan fingerprint density at radius 3 is 2.19 bits per heavy atom. The number of hydrogen-bond acceptors (Lipinski definition) is 4. The number of amides is 1. The predicted molar refractivity (Wildman–Crippen MR) is 104 cm³/mol. The zero-order valence-corrected chi connectivity index (χ0v) is 16.6. The third kappa shape index (κ3) is 5.40. The number of aryl methyl sites for hydroxylation is 2. The summed E-state index contributed by atoms with van der Waals surface area (Å²) in [7, 11) is -1.04. The van der Waals surface area contributed by atoms with Crippen molar-refractivity contribution in [1.29, 1.82) is 0 Å². The molecule has 0 heterocycles. The standard InChI is InChI=1S/C20H23NO5S/c1-12-9-16(10-13(2)19(12)26-11-18(22)23)20(24)21-14(3)15-5-7-17(8-6-15)27(4)25/h5-10,14H,11H2,1-4H3,(H,21,24)(H,22,23). The van der Waals surface area contributed by atoms with Crippen molar-refractivity contribution in [2.45, 2.75) is 31.7 Å². The summed E-state index contributed by atoms with van der Waals surface area (Å²) >= 11 is 0. The van der Waals surface area contributed by atoms with Crippen molar-refractivity contribution in [2.24, 2.45) is 0 Å². The normalized spacial score (nSPS) is 12.9. The van der Waals surface area contributed by atoms with E-state index in [0.29, 0.717) is 22.4 Å². The smallest absolute Gasteiger partial charge is 0.341 e. The first kappa shape index (κ1) is 20.6. The van der Waals surface area contributed by atoms with Crippen LogP contribution < -0.4 is 10.1 Å². The highest BCUT2D eigenvalue weighted by Gasteiger charge is 2.15. The fraction of sp³-hybridized carbons (Fsp3) is 0.300. The van der Waals surface area contributed by atoms with Crippen LogP contribution in [-0.2, 0) is 15.6 Å². The number of benzene rings is 2. The molecular formula is C20H23NO5S. The second-order valence-electron chi connectivity index (χ2n) is 6.34. The van der Waals surface area contributed by atoms with Gasteiger partial charge in [-0.15, -0.1) is 0 Å². The number of carbonyl (C=O) groups is 2. The quantitative estimate of drug-likeness (QED) is 0.759. The summed E-state index contributed by atoms with van der Waals surface area (Å²) in [5.41, 5.74) is 2.78. The van der Waals surface area contributed by atoms with E-state index in [0.717, 1.165) is 10.5 Å². The molecule has 0 saturated heterocycles. The van der Waals surface area contributed by atoms with Gasteiger partial charge in [-0.2, -0.15) is 0 Å². The fourth-order valence-corrected chi connectivity index (χ4v) is 3.27. The van der Waals surface area contributed by atoms with Crippen molar-refractivity contribution in [3.63, 3.8) is 0 Å². The third-order valence-electron chi connectivity index (χ3n) is 4.12. The van der Waals surface area contributed by atoms with E-state index in [2.05, 4.69) is 5.32 Å². The molecule has 0 aliphatic rings. The van der Waals surface area contributed by atoms with Gasteiger partial charge in [0.15, 0.2) is 6.61 Å². The van der Waals surface area contributed by atoms with Gasteiger partial charge in [-0.25, -0.2) is 4.79 Å². The van der Waals surface area contributed by atoms with Crippen molar-refractivity contribution in [3.05, 3.63) is 58.7 Å². The molecule has 6 nitrogen and oxygen atoms in total. The van der Waals surface area contributed by atoms with Crippen molar-refractivity contribution in [2.75, 3.05) is 12.9 Å². The largest absolute Gasteiger partial charge is 0.481 e. The van der Waals surface area contributed by atoms with Crippen LogP contribution in [0.4, 0.5) is 0 Å². The SMILES string of the molecule is Cc1cc(C(=O)NC(C)c2ccc(S(C)=O)cc2)cc(C)c1OCC(=O)O. The molecule has 7 heteroatoms. The number of carbonyl (C=O) groups excluding carboxylic acids is 1. The van der Waals surface area contributed by atoms with E-state index >= 15 is 0 Å². The van der Waals surface area contributed by atoms with Crippen LogP contribution in [-0.4, -0.2) is 34.1 Å². The lowest BCUT2D eigenvalue weighted by atomic mass is 10.0. The van der Waals surface area contributed by atoms with Gasteiger partial charge in [-0.1, -0.05) is 12.1 Å². The minimum Gasteiger partial charge on any atom is -0.481 e. The lowest BCUT2D eigenvalue weighted by molar-refractivity contribution is -0.139. The lowest BCUT2D eigenvalue weighted by Gasteiger charge is -2.17. The van der Waals surface area contributed by atoms with Gasteiger partial charge in [0.25, 0.3) is 5.91 Å². The number of hydrogen-bond donors (Lipinski definition) is 2. The summed E-state index contributed by atoms with van der Waals surface area (Å²) in [4.78, 5) is 24.0. The molecule has 1 amide bonds. The topological polar surface area (TPSA) is 92.7 Å². The highest BCUT2D eigenvalue weighted by molar-refractivity contribution is 7.84. The summed E-state index contributed by atoms with van der Waals surface area (Å²) in [6.07, 6.45) is 1.62. The van der Waals surface area contributed by atoms with Gasteiger partial charge in [0.05, 0.1) is 6.04 Å². The molecule has 2 N–H and O–H groups in total. The van der Waals surface area contributed by atoms with E-state index in [4.69, 9.17) is 9.84 Å². The summed E-state index contributed by atoms with van der Waals surface area (Å²) in [6.45, 7) is 4.99. The van der Waals surface area contributed by atoms with Crippen LogP contribution in [0.2, 0.25) is 0 Å². The second kappa shape index (κ2) is 8.81. The van der Waals surface area contributed by atoms with Crippen LogP contribution in [0.5, 0.6) is 5.75 Å². The Balaban J connectivity index is 2.12. The van der Waals surface area contributed by atoms with E-state index < -0.39 is 23.4 Å². The maximum atomic E-state index is 12.6. The van der Waals surface area contributed by atoms with E-state index in [1.54, 1.807) is 44.4 Å². The van der Waals surface area contributed by atoms with Gasteiger partial charge < -0.3 is 15.2 Å². The number of rotatable bonds is 7. The van der Waals surface area contributed by atoms with E-state index in [1.165, 1.54) is 0 Å². The minimum atomic E-state index is -1.05. The van der Waals surface area contributed by atoms with Crippen LogP contribution in [0.25, 0.3) is 0 Å². The van der Waals surface area contributed by atoms with Gasteiger partial charge >= 0.3 is 5.97 Å². The molecule has 2 atom stereocenters. The van der Waals surface area contributed by atoms with Gasteiger partial charge in [0.2, 0.25) is 0 Å². The summed E-state index contributed by atoms with van der Waals surface area (Å²) in [5.74, 6) is -0.811. The Hall–Kier alpha value is -2.67. The molecule has 0 fully saturated rings. The average molecular weight is 389 g/mol. The molecule has 0 bridgehead atoms. The summed E-state index contributed by atoms with van der Waals surface area (Å²) in [5, 5.41) is 11.7. The van der Waals surface area contributed by atoms with Crippen molar-refractivity contribution < 1.29 is 23.6 Å². The van der Waals surface area contributed by atoms with Crippen LogP contribution in [0.1, 0.15) is 40.0 Å². The molecule has 0 aliphatic heterocycles. The first-order chi connectivity index (χ1) is 12.7. The number of carboxylic acids is 1. The zero-order valence-electron chi connectivity index (χ0n) is 15.7. The Kier molecular flexibility index (Phi) is 6.74. The first-order valence-electron chi connectivity index (χ1n) is 8.39. The Bertz CT molecular complexity index is 853. The number of ether oxygens (including phenoxy) is 1. The summed E-state index contributed by atoms with van der Waals surface area (Å²) < 4.78 is 16.8. The highest BCUT2D eigenvalue weighted by atomic mass is 32.2. The first-order valence-corrected chi connectivity index (χ1v) is 9.95. The molecule has 144 valence electrons. The number of nitrogens with one attached hydrogen (secondary N) is 1. The predicted octanol–water partition coefficient (Wildman–Crippen LogP) is 3.00. The Labute approximate surface area is 161 Å². The third-order valence-corrected chi connectivity index (χ3v) is 5.06. The molecule has 27 heavy (non-hydrogen) atoms. The minimum absolute atomic E-state index is 0.222. The molecule has 0 spiro atoms. The highest BCUT2D eigenvalue weighted by Crippen LogP contribution is 2.25. The van der Waals surface area contributed by atoms with Crippen molar-refractivity contribution >= 4 is 22.7 Å². The average Bonchev–Trinajstić information content (AvgIpc) is 2.60. The molecule has 2 rings (SSSR count). The maximum absolute atomic E-state index is 12.6. The van der Waals surface area contributed by atoms with Crippen LogP contribution in [0.15, 0.2) is 41.3 Å². The molecule has 0 aromatic heterocycles. The number of carboxylic acid groups (broad SMARTS) is 1. The van der Waals surface area contributed by atoms with E-state index in [1.807, 2.05) is 19.1 Å². The van der Waals surface area contributed by atoms with E-state index in [9.17, 15) is 13.8 Å². The van der Waals surface area contributed by atoms with Crippen LogP contribution in [0.3, 0.4) is 0 Å². The summed E-state index contributed by atoms with van der Waals surface area (Å²) in [6, 6.07) is 10.4. The molecule has 0 radical (unpaired) electrons. The van der Waals surface area contributed by atoms with Gasteiger partial charge in [-0.05, 0) is 61.7 Å². The van der Waals surface area contributed by atoms with Crippen LogP contribution in [0, 0.1) is 13.8 Å². The number of aliphatic carboxylic acids is 1. The van der Waals surface area contributed by atoms with Crippen molar-refractivity contribution in [3.8, 4) is 5.75 Å². The van der Waals surface area contributed by atoms with Gasteiger partial charge in [-0.3, -0.25) is 9.00 Å². The fourth-order valence-electron chi connectivity index (χ4n) is 2.75. The van der Waals surface area contributed by atoms with Gasteiger partial charge in [0.1, 0.15) is 5.75 Å². The monoisotopic (exact) mass is 389 g/mol. The van der Waals surface area contributed by atoms with Crippen molar-refractivity contribution in [1.82, 2.24) is 5.32 Å². The lowest BCUT2D eigenvalue weighted by Crippen LogP contribution is -2.27. The molecular weight excluding hydrogens is 366 g/mol. The molecule has 0 saturated carbocycles. The van der Waals surface area contributed by atoms with Gasteiger partial charge in [0, 0.05) is 27.5 Å². The molecule has 2 unspecified atom stereocenters. The Morgan fingerprint density at radius 1 is 1.15 bits per heavy atom. The Morgan fingerprint density at radius 2 is 1.70 bits per heavy atom. The molecule has 2 aromatic rings. The zero-order chi connectivity index (χ0) is 20.1. The molecule has 0 aliphatic carbocycles. The van der Waals surface area contributed by atoms with Crippen LogP contribution >= 0.6 is 0 Å².